The van der Waals surface area contributed by atoms with E-state index in [1.807, 2.05) is 0 Å². The summed E-state index contributed by atoms with van der Waals surface area (Å²) in [4.78, 5) is 38.6. The lowest BCUT2D eigenvalue weighted by Gasteiger charge is -2.29. The molecule has 0 bridgehead atoms. The van der Waals surface area contributed by atoms with Crippen molar-refractivity contribution in [2.75, 3.05) is 52.0 Å². The van der Waals surface area contributed by atoms with Gasteiger partial charge in [-0.3, -0.25) is 14.4 Å². The maximum atomic E-state index is 12.7. The van der Waals surface area contributed by atoms with Crippen LogP contribution < -0.4 is 24.4 Å². The predicted octanol–water partition coefficient (Wildman–Crippen LogP) is 2.23. The second kappa shape index (κ2) is 11.9. The van der Waals surface area contributed by atoms with E-state index in [0.717, 1.165) is 0 Å². The summed E-state index contributed by atoms with van der Waals surface area (Å²) in [5.74, 6) is 1.10. The third kappa shape index (κ3) is 6.69. The normalized spacial score (nSPS) is 12.5. The number of methoxy groups -OCH3 is 2. The van der Waals surface area contributed by atoms with Crippen molar-refractivity contribution in [2.24, 2.45) is 0 Å². The fourth-order valence-corrected chi connectivity index (χ4v) is 3.32. The van der Waals surface area contributed by atoms with E-state index in [1.54, 1.807) is 61.6 Å². The van der Waals surface area contributed by atoms with Crippen LogP contribution in [0.2, 0.25) is 0 Å². The molecule has 2 amide bonds. The van der Waals surface area contributed by atoms with E-state index in [9.17, 15) is 14.4 Å². The Labute approximate surface area is 192 Å². The first-order chi connectivity index (χ1) is 16.0. The summed E-state index contributed by atoms with van der Waals surface area (Å²) in [7, 11) is 3.12. The molecular formula is C24H28N2O7. The summed E-state index contributed by atoms with van der Waals surface area (Å²) in [6.07, 6.45) is 0.748. The summed E-state index contributed by atoms with van der Waals surface area (Å²) >= 11 is 0. The van der Waals surface area contributed by atoms with Gasteiger partial charge in [0.1, 0.15) is 17.2 Å². The number of ketones is 1. The molecule has 0 fully saturated rings. The third-order valence-corrected chi connectivity index (χ3v) is 5.05. The Morgan fingerprint density at radius 1 is 1.12 bits per heavy atom. The summed E-state index contributed by atoms with van der Waals surface area (Å²) in [5, 5.41) is 2.75. The van der Waals surface area contributed by atoms with Crippen LogP contribution in [0.25, 0.3) is 0 Å². The molecule has 9 heteroatoms. The second-order valence-corrected chi connectivity index (χ2v) is 7.35. The van der Waals surface area contributed by atoms with Crippen LogP contribution in [0, 0.1) is 0 Å². The number of ether oxygens (including phenoxy) is 4. The highest BCUT2D eigenvalue weighted by Crippen LogP contribution is 2.33. The SMILES string of the molecule is COCCNC(=O)CCCN1C(=O)COc2ccc(C(=O)COc3cccc(OC)c3)cc21. The van der Waals surface area contributed by atoms with Gasteiger partial charge in [0.25, 0.3) is 5.91 Å². The van der Waals surface area contributed by atoms with Crippen molar-refractivity contribution < 1.29 is 33.3 Å². The quantitative estimate of drug-likeness (QED) is 0.386. The molecule has 1 N–H and O–H groups in total. The van der Waals surface area contributed by atoms with Gasteiger partial charge in [-0.15, -0.1) is 0 Å². The number of hydrogen-bond donors (Lipinski definition) is 1. The standard InChI is InChI=1S/C24H28N2O7/c1-30-12-10-25-23(28)7-4-11-26-20-13-17(8-9-22(20)33-16-24(26)29)21(27)15-32-19-6-3-5-18(14-19)31-2/h3,5-6,8-9,13-14H,4,7,10-12,15-16H2,1-2H3,(H,25,28). The third-order valence-electron chi connectivity index (χ3n) is 5.05. The number of Topliss-reactive ketones (excluding diaryl/α,β-unsaturated/α-hetero) is 1. The molecule has 2 aromatic carbocycles. The van der Waals surface area contributed by atoms with Crippen molar-refractivity contribution in [1.29, 1.82) is 0 Å². The maximum absolute atomic E-state index is 12.7. The van der Waals surface area contributed by atoms with Gasteiger partial charge in [0.05, 0.1) is 19.4 Å². The van der Waals surface area contributed by atoms with Gasteiger partial charge in [-0.05, 0) is 36.8 Å². The topological polar surface area (TPSA) is 103 Å². The second-order valence-electron chi connectivity index (χ2n) is 7.35. The summed E-state index contributed by atoms with van der Waals surface area (Å²) in [6, 6.07) is 11.9. The maximum Gasteiger partial charge on any atom is 0.265 e. The van der Waals surface area contributed by atoms with Crippen molar-refractivity contribution in [1.82, 2.24) is 5.32 Å². The molecular weight excluding hydrogens is 428 g/mol. The molecule has 9 nitrogen and oxygen atoms in total. The van der Waals surface area contributed by atoms with E-state index >= 15 is 0 Å². The molecule has 1 heterocycles. The van der Waals surface area contributed by atoms with Crippen LogP contribution in [-0.4, -0.2) is 64.7 Å². The molecule has 0 aliphatic carbocycles. The molecule has 176 valence electrons. The van der Waals surface area contributed by atoms with E-state index in [4.69, 9.17) is 18.9 Å². The van der Waals surface area contributed by atoms with Crippen LogP contribution in [0.15, 0.2) is 42.5 Å². The highest BCUT2D eigenvalue weighted by molar-refractivity contribution is 6.02. The number of benzene rings is 2. The first-order valence-electron chi connectivity index (χ1n) is 10.6. The Morgan fingerprint density at radius 2 is 1.94 bits per heavy atom. The van der Waals surface area contributed by atoms with Gasteiger partial charge in [-0.25, -0.2) is 0 Å². The Kier molecular flexibility index (Phi) is 8.65. The Balaban J connectivity index is 1.62. The molecule has 0 radical (unpaired) electrons. The molecule has 1 aliphatic heterocycles. The number of anilines is 1. The summed E-state index contributed by atoms with van der Waals surface area (Å²) < 4.78 is 21.2. The zero-order valence-corrected chi connectivity index (χ0v) is 18.8. The van der Waals surface area contributed by atoms with Crippen molar-refractivity contribution in [2.45, 2.75) is 12.8 Å². The van der Waals surface area contributed by atoms with Crippen LogP contribution in [0.5, 0.6) is 17.2 Å². The molecule has 0 aromatic heterocycles. The van der Waals surface area contributed by atoms with Gasteiger partial charge < -0.3 is 29.2 Å². The van der Waals surface area contributed by atoms with Gasteiger partial charge in [0, 0.05) is 38.2 Å². The molecule has 0 saturated carbocycles. The van der Waals surface area contributed by atoms with Crippen LogP contribution in [0.4, 0.5) is 5.69 Å². The molecule has 2 aromatic rings. The minimum absolute atomic E-state index is 0.0840. The average Bonchev–Trinajstić information content (AvgIpc) is 2.84. The Hall–Kier alpha value is -3.59. The molecule has 0 atom stereocenters. The van der Waals surface area contributed by atoms with Crippen molar-refractivity contribution in [3.8, 4) is 17.2 Å². The number of amides is 2. The van der Waals surface area contributed by atoms with Gasteiger partial charge in [0.15, 0.2) is 19.0 Å². The number of nitrogens with one attached hydrogen (secondary N) is 1. The summed E-state index contributed by atoms with van der Waals surface area (Å²) in [5.41, 5.74) is 0.913. The fourth-order valence-electron chi connectivity index (χ4n) is 3.32. The number of nitrogens with zero attached hydrogens (tertiary/aromatic N) is 1. The van der Waals surface area contributed by atoms with Crippen LogP contribution >= 0.6 is 0 Å². The number of carbonyl (C=O) groups excluding carboxylic acids is 3. The molecule has 33 heavy (non-hydrogen) atoms. The molecule has 0 saturated heterocycles. The minimum atomic E-state index is -0.240. The summed E-state index contributed by atoms with van der Waals surface area (Å²) in [6.45, 7) is 0.976. The van der Waals surface area contributed by atoms with Crippen molar-refractivity contribution >= 4 is 23.3 Å². The smallest absolute Gasteiger partial charge is 0.265 e. The van der Waals surface area contributed by atoms with E-state index in [2.05, 4.69) is 5.32 Å². The molecule has 0 spiro atoms. The van der Waals surface area contributed by atoms with E-state index in [-0.39, 0.29) is 37.2 Å². The zero-order chi connectivity index (χ0) is 23.6. The number of fused-ring (bicyclic) bond motifs is 1. The average molecular weight is 456 g/mol. The lowest BCUT2D eigenvalue weighted by atomic mass is 10.1. The lowest BCUT2D eigenvalue weighted by molar-refractivity contribution is -0.123. The highest BCUT2D eigenvalue weighted by Gasteiger charge is 2.26. The van der Waals surface area contributed by atoms with Crippen LogP contribution in [0.3, 0.4) is 0 Å². The van der Waals surface area contributed by atoms with E-state index < -0.39 is 0 Å². The first kappa shape index (κ1) is 24.1. The molecule has 0 unspecified atom stereocenters. The lowest BCUT2D eigenvalue weighted by Crippen LogP contribution is -2.40. The zero-order valence-electron chi connectivity index (χ0n) is 18.8. The van der Waals surface area contributed by atoms with Gasteiger partial charge in [-0.2, -0.15) is 0 Å². The fraction of sp³-hybridized carbons (Fsp3) is 0.375. The van der Waals surface area contributed by atoms with Gasteiger partial charge >= 0.3 is 0 Å². The van der Waals surface area contributed by atoms with Gasteiger partial charge in [0.2, 0.25) is 5.91 Å². The highest BCUT2D eigenvalue weighted by atomic mass is 16.5. The van der Waals surface area contributed by atoms with Gasteiger partial charge in [-0.1, -0.05) is 6.07 Å². The van der Waals surface area contributed by atoms with E-state index in [1.165, 1.54) is 0 Å². The van der Waals surface area contributed by atoms with Crippen molar-refractivity contribution in [3.05, 3.63) is 48.0 Å². The van der Waals surface area contributed by atoms with Crippen LogP contribution in [-0.2, 0) is 14.3 Å². The molecule has 1 aliphatic rings. The first-order valence-corrected chi connectivity index (χ1v) is 10.6. The van der Waals surface area contributed by atoms with Crippen molar-refractivity contribution in [3.63, 3.8) is 0 Å². The monoisotopic (exact) mass is 456 g/mol. The van der Waals surface area contributed by atoms with Crippen LogP contribution in [0.1, 0.15) is 23.2 Å². The Morgan fingerprint density at radius 3 is 2.73 bits per heavy atom. The predicted molar refractivity (Wildman–Crippen MR) is 121 cm³/mol. The number of hydrogen-bond acceptors (Lipinski definition) is 7. The minimum Gasteiger partial charge on any atom is -0.497 e. The molecule has 3 rings (SSSR count). The largest absolute Gasteiger partial charge is 0.497 e. The Bertz CT molecular complexity index is 993. The number of rotatable bonds is 12. The number of carbonyl (C=O) groups is 3. The van der Waals surface area contributed by atoms with E-state index in [0.29, 0.717) is 54.6 Å².